The molecule has 1 saturated carbocycles. The molecule has 1 unspecified atom stereocenters. The molecule has 1 amide bonds. The second-order valence-corrected chi connectivity index (χ2v) is 6.78. The van der Waals surface area contributed by atoms with Gasteiger partial charge in [-0.3, -0.25) is 4.79 Å². The minimum atomic E-state index is -0.893. The number of hydrogen-bond acceptors (Lipinski definition) is 7. The standard InChI is InChI=1S/C17H30BNO7/c1-4-10-14(26-17(21)23-9-13(20)19-2)15(16(18)25-10)24-12-8-6-5-7-11(12)22-3/h10-12,14-16H,4-9,18H2,1-3H3,(H,19,20)/t10-,11-,12-,14?,15+,16-/m1/s1. The Bertz CT molecular complexity index is 478. The summed E-state index contributed by atoms with van der Waals surface area (Å²) in [5, 5.41) is 2.38. The van der Waals surface area contributed by atoms with Crippen LogP contribution in [0.4, 0.5) is 4.79 Å². The van der Waals surface area contributed by atoms with Gasteiger partial charge in [0.15, 0.2) is 12.7 Å². The molecule has 8 nitrogen and oxygen atoms in total. The lowest BCUT2D eigenvalue weighted by atomic mass is 9.90. The Morgan fingerprint density at radius 2 is 1.88 bits per heavy atom. The molecule has 0 radical (unpaired) electrons. The van der Waals surface area contributed by atoms with Gasteiger partial charge in [-0.1, -0.05) is 19.8 Å². The zero-order valence-electron chi connectivity index (χ0n) is 16.1. The average Bonchev–Trinajstić information content (AvgIpc) is 2.95. The van der Waals surface area contributed by atoms with Crippen LogP contribution in [0.25, 0.3) is 0 Å². The number of likely N-dealkylation sites (N-methyl/N-ethyl adjacent to an activating group) is 1. The van der Waals surface area contributed by atoms with Gasteiger partial charge in [-0.2, -0.15) is 0 Å². The number of methoxy groups -OCH3 is 1. The van der Waals surface area contributed by atoms with Crippen LogP contribution in [-0.4, -0.2) is 77.2 Å². The molecule has 0 spiro atoms. The highest BCUT2D eigenvalue weighted by atomic mass is 16.7. The van der Waals surface area contributed by atoms with Crippen LogP contribution in [0, 0.1) is 0 Å². The van der Waals surface area contributed by atoms with Crippen LogP contribution in [0.15, 0.2) is 0 Å². The molecule has 1 heterocycles. The number of hydrogen-bond donors (Lipinski definition) is 1. The molecule has 0 aromatic carbocycles. The van der Waals surface area contributed by atoms with E-state index in [0.717, 1.165) is 25.7 Å². The Morgan fingerprint density at radius 3 is 2.50 bits per heavy atom. The second-order valence-electron chi connectivity index (χ2n) is 6.78. The monoisotopic (exact) mass is 371 g/mol. The molecule has 26 heavy (non-hydrogen) atoms. The summed E-state index contributed by atoms with van der Waals surface area (Å²) in [6, 6.07) is -0.212. The first kappa shape index (κ1) is 21.0. The number of amides is 1. The van der Waals surface area contributed by atoms with Gasteiger partial charge in [-0.15, -0.1) is 0 Å². The number of carbonyl (C=O) groups excluding carboxylic acids is 2. The van der Waals surface area contributed by atoms with Gasteiger partial charge in [0.1, 0.15) is 14.0 Å². The average molecular weight is 371 g/mol. The molecular weight excluding hydrogens is 341 g/mol. The third-order valence-corrected chi connectivity index (χ3v) is 5.05. The van der Waals surface area contributed by atoms with E-state index in [2.05, 4.69) is 5.32 Å². The molecule has 0 bridgehead atoms. The minimum absolute atomic E-state index is 0.0393. The Morgan fingerprint density at radius 1 is 1.19 bits per heavy atom. The van der Waals surface area contributed by atoms with Gasteiger partial charge in [0.05, 0.1) is 24.3 Å². The van der Waals surface area contributed by atoms with Crippen LogP contribution >= 0.6 is 0 Å². The van der Waals surface area contributed by atoms with Crippen LogP contribution < -0.4 is 5.32 Å². The maximum Gasteiger partial charge on any atom is 0.509 e. The van der Waals surface area contributed by atoms with Gasteiger partial charge in [0.25, 0.3) is 5.91 Å². The van der Waals surface area contributed by atoms with Crippen LogP contribution in [-0.2, 0) is 28.5 Å². The lowest BCUT2D eigenvalue weighted by Crippen LogP contribution is -2.45. The van der Waals surface area contributed by atoms with Crippen molar-refractivity contribution in [2.24, 2.45) is 0 Å². The van der Waals surface area contributed by atoms with Crippen molar-refractivity contribution < 1.29 is 33.3 Å². The molecule has 2 fully saturated rings. The van der Waals surface area contributed by atoms with E-state index in [1.54, 1.807) is 7.11 Å². The van der Waals surface area contributed by atoms with Crippen LogP contribution in [0.5, 0.6) is 0 Å². The fourth-order valence-electron chi connectivity index (χ4n) is 3.60. The summed E-state index contributed by atoms with van der Waals surface area (Å²) in [4.78, 5) is 23.2. The topological polar surface area (TPSA) is 92.3 Å². The Kier molecular flexibility index (Phi) is 8.18. The molecule has 1 aliphatic heterocycles. The van der Waals surface area contributed by atoms with Crippen LogP contribution in [0.3, 0.4) is 0 Å². The van der Waals surface area contributed by atoms with Gasteiger partial charge >= 0.3 is 6.16 Å². The Labute approximate surface area is 155 Å². The summed E-state index contributed by atoms with van der Waals surface area (Å²) in [7, 11) is 5.08. The maximum atomic E-state index is 12.0. The van der Waals surface area contributed by atoms with Crippen molar-refractivity contribution in [2.75, 3.05) is 20.8 Å². The van der Waals surface area contributed by atoms with E-state index in [1.807, 2.05) is 14.8 Å². The molecule has 2 rings (SSSR count). The van der Waals surface area contributed by atoms with E-state index >= 15 is 0 Å². The molecule has 1 N–H and O–H groups in total. The fourth-order valence-corrected chi connectivity index (χ4v) is 3.60. The van der Waals surface area contributed by atoms with E-state index < -0.39 is 24.3 Å². The van der Waals surface area contributed by atoms with Crippen molar-refractivity contribution in [2.45, 2.75) is 75.6 Å². The van der Waals surface area contributed by atoms with Gasteiger partial charge in [-0.05, 0) is 19.3 Å². The smallest absolute Gasteiger partial charge is 0.425 e. The zero-order chi connectivity index (χ0) is 19.1. The molecule has 148 valence electrons. The third-order valence-electron chi connectivity index (χ3n) is 5.05. The largest absolute Gasteiger partial charge is 0.509 e. The summed E-state index contributed by atoms with van der Waals surface area (Å²) < 4.78 is 28.1. The quantitative estimate of drug-likeness (QED) is 0.510. The summed E-state index contributed by atoms with van der Waals surface area (Å²) in [5.74, 6) is -0.400. The van der Waals surface area contributed by atoms with E-state index in [4.69, 9.17) is 23.7 Å². The first-order valence-corrected chi connectivity index (χ1v) is 9.37. The number of carbonyl (C=O) groups is 2. The van der Waals surface area contributed by atoms with Gasteiger partial charge in [0.2, 0.25) is 0 Å². The highest BCUT2D eigenvalue weighted by molar-refractivity contribution is 6.11. The van der Waals surface area contributed by atoms with Crippen LogP contribution in [0.1, 0.15) is 39.0 Å². The first-order valence-electron chi connectivity index (χ1n) is 9.37. The molecule has 2 aliphatic rings. The molecule has 1 aliphatic carbocycles. The number of ether oxygens (including phenoxy) is 5. The zero-order valence-corrected chi connectivity index (χ0v) is 16.1. The molecular formula is C17H30BNO7. The van der Waals surface area contributed by atoms with E-state index in [0.29, 0.717) is 6.42 Å². The highest BCUT2D eigenvalue weighted by Gasteiger charge is 2.47. The lowest BCUT2D eigenvalue weighted by Gasteiger charge is -2.34. The van der Waals surface area contributed by atoms with Crippen molar-refractivity contribution in [1.29, 1.82) is 0 Å². The summed E-state index contributed by atoms with van der Waals surface area (Å²) >= 11 is 0. The highest BCUT2D eigenvalue weighted by Crippen LogP contribution is 2.32. The second kappa shape index (κ2) is 10.1. The van der Waals surface area contributed by atoms with Crippen molar-refractivity contribution in [1.82, 2.24) is 5.32 Å². The number of rotatable bonds is 7. The molecule has 1 saturated heterocycles. The molecule has 9 heteroatoms. The number of nitrogens with one attached hydrogen (secondary N) is 1. The third kappa shape index (κ3) is 5.34. The predicted octanol–water partition coefficient (Wildman–Crippen LogP) is 0.365. The van der Waals surface area contributed by atoms with Crippen molar-refractivity contribution in [3.05, 3.63) is 0 Å². The SMILES string of the molecule is B[C@@H]1O[C@H](CC)C(OC(=O)OCC(=O)NC)[C@@H]1O[C@@H]1CCCC[C@H]1OC. The van der Waals surface area contributed by atoms with Gasteiger partial charge in [-0.25, -0.2) is 4.79 Å². The molecule has 0 aromatic heterocycles. The van der Waals surface area contributed by atoms with Gasteiger partial charge in [0, 0.05) is 14.2 Å². The van der Waals surface area contributed by atoms with E-state index in [9.17, 15) is 9.59 Å². The minimum Gasteiger partial charge on any atom is -0.425 e. The van der Waals surface area contributed by atoms with Gasteiger partial charge < -0.3 is 29.0 Å². The Balaban J connectivity index is 1.99. The molecule has 0 aromatic rings. The Hall–Kier alpha value is -1.32. The summed E-state index contributed by atoms with van der Waals surface area (Å²) in [5.41, 5.74) is 0. The normalized spacial score (nSPS) is 34.3. The van der Waals surface area contributed by atoms with E-state index in [-0.39, 0.29) is 30.9 Å². The maximum absolute atomic E-state index is 12.0. The first-order chi connectivity index (χ1) is 12.5. The van der Waals surface area contributed by atoms with E-state index in [1.165, 1.54) is 7.05 Å². The summed E-state index contributed by atoms with van der Waals surface area (Å²) in [6.07, 6.45) is 2.61. The van der Waals surface area contributed by atoms with Crippen molar-refractivity contribution in [3.8, 4) is 0 Å². The van der Waals surface area contributed by atoms with Crippen LogP contribution in [0.2, 0.25) is 0 Å². The fraction of sp³-hybridized carbons (Fsp3) is 0.882. The molecule has 6 atom stereocenters. The predicted molar refractivity (Wildman–Crippen MR) is 95.7 cm³/mol. The van der Waals surface area contributed by atoms with Crippen molar-refractivity contribution in [3.63, 3.8) is 0 Å². The summed E-state index contributed by atoms with van der Waals surface area (Å²) in [6.45, 7) is 1.58. The van der Waals surface area contributed by atoms with Crippen molar-refractivity contribution >= 4 is 19.9 Å². The lowest BCUT2D eigenvalue weighted by molar-refractivity contribution is -0.136.